The average Bonchev–Trinajstić information content (AvgIpc) is 3.11. The van der Waals surface area contributed by atoms with Crippen LogP contribution in [0.4, 0.5) is 0 Å². The van der Waals surface area contributed by atoms with E-state index in [1.165, 1.54) is 0 Å². The predicted molar refractivity (Wildman–Crippen MR) is 200 cm³/mol. The number of carbonyl (C=O) groups excluding carboxylic acids is 6. The van der Waals surface area contributed by atoms with Gasteiger partial charge in [-0.2, -0.15) is 12.6 Å². The van der Waals surface area contributed by atoms with Crippen LogP contribution in [0.15, 0.2) is 0 Å². The second-order valence-electron chi connectivity index (χ2n) is 14.4. The molecule has 0 spiro atoms. The molecule has 0 radical (unpaired) electrons. The van der Waals surface area contributed by atoms with Gasteiger partial charge >= 0.3 is 23.9 Å². The number of hydrogen-bond donors (Lipinski definition) is 11. The van der Waals surface area contributed by atoms with Crippen LogP contribution in [0.5, 0.6) is 0 Å². The quantitative estimate of drug-likeness (QED) is 0.0513. The molecule has 6 amide bonds. The number of nitrogens with one attached hydrogen (secondary N) is 6. The van der Waals surface area contributed by atoms with E-state index in [0.29, 0.717) is 0 Å². The van der Waals surface area contributed by atoms with Gasteiger partial charge in [0.25, 0.3) is 0 Å². The topological polar surface area (TPSA) is 324 Å². The molecule has 1 unspecified atom stereocenters. The molecule has 21 heteroatoms. The van der Waals surface area contributed by atoms with E-state index < -0.39 is 127 Å². The minimum atomic E-state index is -1.66. The Kier molecular flexibility index (Phi) is 21.5. The van der Waals surface area contributed by atoms with Crippen molar-refractivity contribution in [2.24, 2.45) is 17.8 Å². The van der Waals surface area contributed by atoms with Crippen molar-refractivity contribution in [3.05, 3.63) is 0 Å². The zero-order valence-corrected chi connectivity index (χ0v) is 32.9. The maximum absolute atomic E-state index is 13.8. The third-order valence-corrected chi connectivity index (χ3v) is 9.52. The van der Waals surface area contributed by atoms with Gasteiger partial charge in [0.15, 0.2) is 0 Å². The molecule has 1 aliphatic rings. The fourth-order valence-corrected chi connectivity index (χ4v) is 6.33. The van der Waals surface area contributed by atoms with Crippen LogP contribution < -0.4 is 31.9 Å². The molecular weight excluding hydrogens is 760 g/mol. The van der Waals surface area contributed by atoms with Gasteiger partial charge in [0.2, 0.25) is 35.4 Å². The van der Waals surface area contributed by atoms with E-state index in [2.05, 4.69) is 44.5 Å². The lowest BCUT2D eigenvalue weighted by Gasteiger charge is -2.30. The van der Waals surface area contributed by atoms with Gasteiger partial charge in [-0.1, -0.05) is 46.0 Å². The van der Waals surface area contributed by atoms with Gasteiger partial charge in [0, 0.05) is 25.5 Å². The average molecular weight is 817 g/mol. The van der Waals surface area contributed by atoms with Crippen molar-refractivity contribution in [3.63, 3.8) is 0 Å². The molecule has 1 rings (SSSR count). The van der Waals surface area contributed by atoms with E-state index in [1.54, 1.807) is 13.8 Å². The highest BCUT2D eigenvalue weighted by Gasteiger charge is 2.36. The predicted octanol–water partition coefficient (Wildman–Crippen LogP) is -0.604. The summed E-state index contributed by atoms with van der Waals surface area (Å²) in [7, 11) is 0. The highest BCUT2D eigenvalue weighted by molar-refractivity contribution is 7.80. The highest BCUT2D eigenvalue weighted by atomic mass is 32.1. The molecule has 1 aliphatic carbocycles. The molecule has 1 saturated carbocycles. The third kappa shape index (κ3) is 18.1. The Morgan fingerprint density at radius 3 is 1.43 bits per heavy atom. The van der Waals surface area contributed by atoms with Crippen molar-refractivity contribution >= 4 is 71.9 Å². The van der Waals surface area contributed by atoms with Gasteiger partial charge in [-0.25, -0.2) is 4.79 Å². The van der Waals surface area contributed by atoms with Crippen LogP contribution in [0.2, 0.25) is 0 Å². The number of aliphatic carboxylic acids is 4. The number of rotatable bonds is 25. The summed E-state index contributed by atoms with van der Waals surface area (Å²) in [5.74, 6) is -13.1. The molecular formula is C35H56N6O14S. The molecule has 0 heterocycles. The van der Waals surface area contributed by atoms with E-state index in [-0.39, 0.29) is 30.4 Å². The van der Waals surface area contributed by atoms with Crippen LogP contribution in [-0.2, 0) is 47.9 Å². The molecule has 0 saturated heterocycles. The highest BCUT2D eigenvalue weighted by Crippen LogP contribution is 2.27. The van der Waals surface area contributed by atoms with Crippen molar-refractivity contribution in [2.75, 3.05) is 5.75 Å². The molecule has 1 fully saturated rings. The lowest BCUT2D eigenvalue weighted by atomic mass is 9.84. The Morgan fingerprint density at radius 1 is 0.571 bits per heavy atom. The maximum Gasteiger partial charge on any atom is 0.327 e. The van der Waals surface area contributed by atoms with E-state index in [9.17, 15) is 68.4 Å². The molecule has 56 heavy (non-hydrogen) atoms. The molecule has 316 valence electrons. The Bertz CT molecular complexity index is 1440. The van der Waals surface area contributed by atoms with E-state index in [0.717, 1.165) is 46.0 Å². The molecule has 0 aromatic carbocycles. The zero-order chi connectivity index (χ0) is 42.7. The van der Waals surface area contributed by atoms with Crippen molar-refractivity contribution in [2.45, 2.75) is 135 Å². The maximum atomic E-state index is 13.8. The first kappa shape index (κ1) is 49.1. The van der Waals surface area contributed by atoms with Crippen LogP contribution in [0.3, 0.4) is 0 Å². The molecule has 0 aromatic heterocycles. The minimum Gasteiger partial charge on any atom is -0.481 e. The summed E-state index contributed by atoms with van der Waals surface area (Å²) in [6.07, 6.45) is 2.13. The first-order chi connectivity index (χ1) is 26.2. The summed E-state index contributed by atoms with van der Waals surface area (Å²) < 4.78 is 0. The summed E-state index contributed by atoms with van der Waals surface area (Å²) in [4.78, 5) is 125. The molecule has 0 bridgehead atoms. The Morgan fingerprint density at radius 2 is 1.00 bits per heavy atom. The molecule has 0 aliphatic heterocycles. The van der Waals surface area contributed by atoms with E-state index >= 15 is 0 Å². The van der Waals surface area contributed by atoms with Crippen LogP contribution in [0, 0.1) is 17.8 Å². The summed E-state index contributed by atoms with van der Waals surface area (Å²) in [6.45, 7) is 5.56. The molecule has 20 nitrogen and oxygen atoms in total. The summed E-state index contributed by atoms with van der Waals surface area (Å²) >= 11 is 3.97. The lowest BCUT2D eigenvalue weighted by Crippen LogP contribution is -2.60. The Labute approximate surface area is 329 Å². The lowest BCUT2D eigenvalue weighted by molar-refractivity contribution is -0.146. The summed E-state index contributed by atoms with van der Waals surface area (Å²) in [5, 5.41) is 51.8. The number of hydrogen-bond acceptors (Lipinski definition) is 11. The normalized spacial score (nSPS) is 16.7. The fourth-order valence-electron chi connectivity index (χ4n) is 6.08. The smallest absolute Gasteiger partial charge is 0.327 e. The first-order valence-electron chi connectivity index (χ1n) is 18.5. The van der Waals surface area contributed by atoms with E-state index in [4.69, 9.17) is 0 Å². The van der Waals surface area contributed by atoms with Gasteiger partial charge < -0.3 is 52.3 Å². The minimum absolute atomic E-state index is 0.00667. The largest absolute Gasteiger partial charge is 0.481 e. The summed E-state index contributed by atoms with van der Waals surface area (Å²) in [6, 6.07) is -8.94. The van der Waals surface area contributed by atoms with Crippen LogP contribution in [0.1, 0.15) is 98.3 Å². The van der Waals surface area contributed by atoms with Crippen LogP contribution in [-0.4, -0.2) is 122 Å². The van der Waals surface area contributed by atoms with Gasteiger partial charge in [-0.05, 0) is 44.4 Å². The van der Waals surface area contributed by atoms with Gasteiger partial charge in [0.05, 0.1) is 5.92 Å². The zero-order valence-electron chi connectivity index (χ0n) is 32.0. The first-order valence-corrected chi connectivity index (χ1v) is 19.1. The number of carboxylic acid groups (broad SMARTS) is 4. The number of thiol groups is 1. The second-order valence-corrected chi connectivity index (χ2v) is 14.7. The SMILES string of the molecule is CC(=O)N[C@H](C(=O)N[C@@H](CCC(=O)O)C(=O)N[C@@H](CC(C)C)C(=O)N[C@@H](CCC(=O)O)C(=O)N[C@@H](CC1CCCCC1)C(=O)N[C@@H](CS)C(=O)O)C(C)C(=O)O. The molecule has 10 N–H and O–H groups in total. The monoisotopic (exact) mass is 816 g/mol. The molecule has 7 atom stereocenters. The second kappa shape index (κ2) is 24.5. The summed E-state index contributed by atoms with van der Waals surface area (Å²) in [5.41, 5.74) is 0. The van der Waals surface area contributed by atoms with Crippen LogP contribution >= 0.6 is 12.6 Å². The Hall–Kier alpha value is -4.95. The van der Waals surface area contributed by atoms with Crippen molar-refractivity contribution < 1.29 is 68.4 Å². The van der Waals surface area contributed by atoms with Gasteiger partial charge in [0.1, 0.15) is 36.3 Å². The van der Waals surface area contributed by atoms with Gasteiger partial charge in [-0.15, -0.1) is 0 Å². The Balaban J connectivity index is 3.40. The number of amides is 6. The van der Waals surface area contributed by atoms with Gasteiger partial charge in [-0.3, -0.25) is 43.2 Å². The molecule has 0 aromatic rings. The third-order valence-electron chi connectivity index (χ3n) is 9.15. The standard InChI is InChI=1S/C35H56N6O14S/c1-17(2)14-23(39-30(48)22(11-13-27(45)46)38-33(51)28(36-19(4)42)18(3)34(52)53)31(49)37-21(10-12-26(43)44)29(47)40-24(15-20-8-6-5-7-9-20)32(50)41-25(16-56)35(54)55/h17-18,20-25,28,56H,5-16H2,1-4H3,(H,36,42)(H,37,49)(H,38,51)(H,39,48)(H,40,47)(H,41,50)(H,43,44)(H,45,46)(H,52,53)(H,54,55)/t18?,21-,22-,23-,24-,25-,28-/m0/s1. The van der Waals surface area contributed by atoms with Crippen molar-refractivity contribution in [1.29, 1.82) is 0 Å². The fraction of sp³-hybridized carbons (Fsp3) is 0.714. The van der Waals surface area contributed by atoms with Crippen LogP contribution in [0.25, 0.3) is 0 Å². The number of carbonyl (C=O) groups is 10. The number of carboxylic acids is 4. The van der Waals surface area contributed by atoms with E-state index in [1.807, 2.05) is 0 Å². The van der Waals surface area contributed by atoms with Crippen molar-refractivity contribution in [1.82, 2.24) is 31.9 Å². The van der Waals surface area contributed by atoms with Crippen molar-refractivity contribution in [3.8, 4) is 0 Å².